The van der Waals surface area contributed by atoms with Gasteiger partial charge in [0.15, 0.2) is 0 Å². The minimum atomic E-state index is -0.355. The average Bonchev–Trinajstić information content (AvgIpc) is 3.15. The third kappa shape index (κ3) is 2.36. The van der Waals surface area contributed by atoms with E-state index in [-0.39, 0.29) is 11.7 Å². The quantitative estimate of drug-likeness (QED) is 0.875. The maximum absolute atomic E-state index is 11.0. The van der Waals surface area contributed by atoms with Gasteiger partial charge in [-0.1, -0.05) is 31.0 Å². The highest BCUT2D eigenvalue weighted by molar-refractivity contribution is 5.62. The number of hydrogen-bond acceptors (Lipinski definition) is 3. The van der Waals surface area contributed by atoms with Gasteiger partial charge in [-0.2, -0.15) is 0 Å². The highest BCUT2D eigenvalue weighted by Gasteiger charge is 2.42. The molecule has 2 fully saturated rings. The summed E-state index contributed by atoms with van der Waals surface area (Å²) in [6.07, 6.45) is 7.66. The number of benzene rings is 1. The molecular weight excluding hydrogens is 262 g/mol. The molecule has 0 amide bonds. The van der Waals surface area contributed by atoms with Crippen LogP contribution >= 0.6 is 0 Å². The zero-order valence-electron chi connectivity index (χ0n) is 12.6. The number of aliphatic hydroxyl groups is 1. The van der Waals surface area contributed by atoms with Gasteiger partial charge in [0.1, 0.15) is 0 Å². The summed E-state index contributed by atoms with van der Waals surface area (Å²) >= 11 is 0. The van der Waals surface area contributed by atoms with Crippen molar-refractivity contribution in [3.63, 3.8) is 0 Å². The molecule has 1 spiro atoms. The van der Waals surface area contributed by atoms with Crippen LogP contribution in [0.3, 0.4) is 0 Å². The van der Waals surface area contributed by atoms with Gasteiger partial charge in [0.05, 0.1) is 11.7 Å². The summed E-state index contributed by atoms with van der Waals surface area (Å²) in [5.74, 6) is 0.339. The molecule has 0 aromatic heterocycles. The van der Waals surface area contributed by atoms with Gasteiger partial charge in [0, 0.05) is 24.4 Å². The minimum absolute atomic E-state index is 0.0786. The van der Waals surface area contributed by atoms with Gasteiger partial charge in [0.2, 0.25) is 0 Å². The lowest BCUT2D eigenvalue weighted by atomic mass is 9.79. The molecule has 1 saturated carbocycles. The molecule has 2 N–H and O–H groups in total. The third-order valence-corrected chi connectivity index (χ3v) is 5.69. The SMILES string of the molecule is OC(c1cccc2c1NCC2)C1CCOC2(CCCC2)C1. The smallest absolute Gasteiger partial charge is 0.0840 e. The Balaban J connectivity index is 1.57. The fourth-order valence-corrected chi connectivity index (χ4v) is 4.57. The standard InChI is InChI=1S/C18H25NO2/c20-17(15-5-3-4-13-6-10-19-16(13)15)14-7-11-21-18(12-14)8-1-2-9-18/h3-5,14,17,19-20H,1-2,6-12H2. The summed E-state index contributed by atoms with van der Waals surface area (Å²) in [5, 5.41) is 14.4. The van der Waals surface area contributed by atoms with Crippen LogP contribution in [0.2, 0.25) is 0 Å². The Kier molecular flexibility index (Phi) is 3.43. The summed E-state index contributed by atoms with van der Waals surface area (Å²) in [4.78, 5) is 0. The minimum Gasteiger partial charge on any atom is -0.388 e. The summed E-state index contributed by atoms with van der Waals surface area (Å²) < 4.78 is 6.11. The van der Waals surface area contributed by atoms with Crippen LogP contribution in [0.5, 0.6) is 0 Å². The second kappa shape index (κ2) is 5.29. The molecule has 2 atom stereocenters. The molecule has 1 aliphatic carbocycles. The van der Waals surface area contributed by atoms with Gasteiger partial charge in [-0.3, -0.25) is 0 Å². The van der Waals surface area contributed by atoms with Gasteiger partial charge in [0.25, 0.3) is 0 Å². The third-order valence-electron chi connectivity index (χ3n) is 5.69. The Morgan fingerprint density at radius 3 is 3.00 bits per heavy atom. The molecule has 21 heavy (non-hydrogen) atoms. The zero-order valence-corrected chi connectivity index (χ0v) is 12.6. The van der Waals surface area contributed by atoms with Crippen LogP contribution in [0, 0.1) is 5.92 Å². The Bertz CT molecular complexity index is 522. The molecule has 4 rings (SSSR count). The normalized spacial score (nSPS) is 28.3. The number of anilines is 1. The van der Waals surface area contributed by atoms with Gasteiger partial charge < -0.3 is 15.2 Å². The molecule has 0 bridgehead atoms. The summed E-state index contributed by atoms with van der Waals surface area (Å²) in [7, 11) is 0. The van der Waals surface area contributed by atoms with Gasteiger partial charge >= 0.3 is 0 Å². The van der Waals surface area contributed by atoms with E-state index < -0.39 is 0 Å². The van der Waals surface area contributed by atoms with Crippen molar-refractivity contribution >= 4 is 5.69 Å². The molecule has 2 aliphatic heterocycles. The molecule has 114 valence electrons. The van der Waals surface area contributed by atoms with Crippen LogP contribution in [-0.2, 0) is 11.2 Å². The van der Waals surface area contributed by atoms with Crippen molar-refractivity contribution < 1.29 is 9.84 Å². The van der Waals surface area contributed by atoms with Crippen LogP contribution in [0.4, 0.5) is 5.69 Å². The lowest BCUT2D eigenvalue weighted by molar-refractivity contribution is -0.113. The van der Waals surface area contributed by atoms with Gasteiger partial charge in [-0.05, 0) is 43.6 Å². The van der Waals surface area contributed by atoms with Gasteiger partial charge in [-0.15, -0.1) is 0 Å². The fraction of sp³-hybridized carbons (Fsp3) is 0.667. The van der Waals surface area contributed by atoms with E-state index in [9.17, 15) is 5.11 Å². The topological polar surface area (TPSA) is 41.5 Å². The van der Waals surface area contributed by atoms with Crippen molar-refractivity contribution in [3.05, 3.63) is 29.3 Å². The molecule has 2 heterocycles. The summed E-state index contributed by atoms with van der Waals surface area (Å²) in [6, 6.07) is 6.36. The van der Waals surface area contributed by atoms with E-state index in [0.717, 1.165) is 38.0 Å². The predicted octanol–water partition coefficient (Wildman–Crippen LogP) is 3.43. The Morgan fingerprint density at radius 1 is 1.29 bits per heavy atom. The van der Waals surface area contributed by atoms with E-state index in [1.54, 1.807) is 0 Å². The highest BCUT2D eigenvalue weighted by atomic mass is 16.5. The van der Waals surface area contributed by atoms with Crippen LogP contribution in [-0.4, -0.2) is 23.9 Å². The maximum atomic E-state index is 11.0. The first-order chi connectivity index (χ1) is 10.3. The van der Waals surface area contributed by atoms with Crippen LogP contribution in [0.15, 0.2) is 18.2 Å². The van der Waals surface area contributed by atoms with Crippen LogP contribution in [0.25, 0.3) is 0 Å². The van der Waals surface area contributed by atoms with E-state index >= 15 is 0 Å². The number of para-hydroxylation sites is 1. The summed E-state index contributed by atoms with van der Waals surface area (Å²) in [5.41, 5.74) is 3.73. The number of fused-ring (bicyclic) bond motifs is 1. The summed E-state index contributed by atoms with van der Waals surface area (Å²) in [6.45, 7) is 1.81. The lowest BCUT2D eigenvalue weighted by Gasteiger charge is -2.40. The van der Waals surface area contributed by atoms with Crippen molar-refractivity contribution in [3.8, 4) is 0 Å². The van der Waals surface area contributed by atoms with Crippen LogP contribution < -0.4 is 5.32 Å². The van der Waals surface area contributed by atoms with Crippen molar-refractivity contribution in [2.24, 2.45) is 5.92 Å². The zero-order chi connectivity index (χ0) is 14.3. The van der Waals surface area contributed by atoms with Gasteiger partial charge in [-0.25, -0.2) is 0 Å². The first-order valence-electron chi connectivity index (χ1n) is 8.45. The number of aliphatic hydroxyl groups excluding tert-OH is 1. The second-order valence-electron chi connectivity index (χ2n) is 6.99. The number of hydrogen-bond donors (Lipinski definition) is 2. The number of rotatable bonds is 2. The monoisotopic (exact) mass is 287 g/mol. The largest absolute Gasteiger partial charge is 0.388 e. The maximum Gasteiger partial charge on any atom is 0.0840 e. The Morgan fingerprint density at radius 2 is 2.14 bits per heavy atom. The Hall–Kier alpha value is -1.06. The molecule has 3 aliphatic rings. The van der Waals surface area contributed by atoms with Crippen molar-refractivity contribution in [2.45, 2.75) is 56.7 Å². The average molecular weight is 287 g/mol. The predicted molar refractivity (Wildman–Crippen MR) is 83.5 cm³/mol. The van der Waals surface area contributed by atoms with E-state index in [2.05, 4.69) is 23.5 Å². The van der Waals surface area contributed by atoms with Crippen LogP contribution in [0.1, 0.15) is 55.8 Å². The van der Waals surface area contributed by atoms with E-state index in [1.807, 2.05) is 0 Å². The van der Waals surface area contributed by atoms with E-state index in [4.69, 9.17) is 4.74 Å². The van der Waals surface area contributed by atoms with Crippen molar-refractivity contribution in [1.82, 2.24) is 0 Å². The highest BCUT2D eigenvalue weighted by Crippen LogP contribution is 2.46. The van der Waals surface area contributed by atoms with Crippen molar-refractivity contribution in [1.29, 1.82) is 0 Å². The molecule has 1 aromatic carbocycles. The molecule has 1 saturated heterocycles. The Labute approximate surface area is 126 Å². The first-order valence-corrected chi connectivity index (χ1v) is 8.45. The van der Waals surface area contributed by atoms with E-state index in [0.29, 0.717) is 5.92 Å². The second-order valence-corrected chi connectivity index (χ2v) is 6.99. The fourth-order valence-electron chi connectivity index (χ4n) is 4.57. The number of nitrogens with one attached hydrogen (secondary N) is 1. The van der Waals surface area contributed by atoms with Crippen molar-refractivity contribution in [2.75, 3.05) is 18.5 Å². The molecule has 1 aromatic rings. The molecule has 0 radical (unpaired) electrons. The molecule has 3 heteroatoms. The first kappa shape index (κ1) is 13.6. The molecular formula is C18H25NO2. The van der Waals surface area contributed by atoms with E-state index in [1.165, 1.54) is 36.9 Å². The lowest BCUT2D eigenvalue weighted by Crippen LogP contribution is -2.39. The molecule has 2 unspecified atom stereocenters. The number of ether oxygens (including phenoxy) is 1. The molecule has 3 nitrogen and oxygen atoms in total.